The monoisotopic (exact) mass is 242 g/mol. The van der Waals surface area contributed by atoms with Gasteiger partial charge in [-0.15, -0.1) is 0 Å². The van der Waals surface area contributed by atoms with Crippen LogP contribution in [0.1, 0.15) is 39.5 Å². The normalized spacial score (nSPS) is 18.4. The Bertz CT molecular complexity index is 183. The largest absolute Gasteiger partial charge is 0.385 e. The molecule has 1 unspecified atom stereocenters. The number of hydrogen-bond acceptors (Lipinski definition) is 3. The lowest BCUT2D eigenvalue weighted by Gasteiger charge is -2.35. The Morgan fingerprint density at radius 1 is 1.41 bits per heavy atom. The molecule has 0 bridgehead atoms. The van der Waals surface area contributed by atoms with E-state index in [1.165, 1.54) is 32.4 Å². The molecule has 1 aliphatic rings. The second-order valence-electron chi connectivity index (χ2n) is 5.28. The van der Waals surface area contributed by atoms with Gasteiger partial charge in [0.25, 0.3) is 0 Å². The number of methoxy groups -OCH3 is 1. The highest BCUT2D eigenvalue weighted by Gasteiger charge is 2.22. The molecule has 1 rings (SSSR count). The van der Waals surface area contributed by atoms with Crippen molar-refractivity contribution >= 4 is 0 Å². The minimum atomic E-state index is 0.656. The summed E-state index contributed by atoms with van der Waals surface area (Å²) in [6.07, 6.45) is 5.46. The zero-order valence-electron chi connectivity index (χ0n) is 11.9. The molecule has 1 atom stereocenters. The van der Waals surface area contributed by atoms with Gasteiger partial charge in [-0.1, -0.05) is 13.3 Å². The molecule has 0 aliphatic heterocycles. The summed E-state index contributed by atoms with van der Waals surface area (Å²) in [5.74, 6) is 0.978. The minimum Gasteiger partial charge on any atom is -0.385 e. The Balaban J connectivity index is 2.07. The van der Waals surface area contributed by atoms with Crippen LogP contribution in [-0.4, -0.2) is 50.8 Å². The van der Waals surface area contributed by atoms with E-state index >= 15 is 0 Å². The minimum absolute atomic E-state index is 0.656. The summed E-state index contributed by atoms with van der Waals surface area (Å²) in [7, 11) is 1.76. The summed E-state index contributed by atoms with van der Waals surface area (Å²) in [5.41, 5.74) is 0. The van der Waals surface area contributed by atoms with E-state index in [9.17, 15) is 0 Å². The number of hydrogen-bond donors (Lipinski definition) is 1. The second kappa shape index (κ2) is 8.90. The van der Waals surface area contributed by atoms with Gasteiger partial charge in [0.1, 0.15) is 0 Å². The molecule has 3 nitrogen and oxygen atoms in total. The van der Waals surface area contributed by atoms with Crippen molar-refractivity contribution in [2.45, 2.75) is 45.6 Å². The van der Waals surface area contributed by atoms with Crippen molar-refractivity contribution < 1.29 is 4.74 Å². The van der Waals surface area contributed by atoms with Crippen LogP contribution in [0.5, 0.6) is 0 Å². The average Bonchev–Trinajstić information content (AvgIpc) is 2.27. The van der Waals surface area contributed by atoms with Crippen molar-refractivity contribution in [2.75, 3.05) is 39.9 Å². The van der Waals surface area contributed by atoms with Gasteiger partial charge in [-0.2, -0.15) is 0 Å². The zero-order valence-corrected chi connectivity index (χ0v) is 11.9. The molecule has 0 amide bonds. The number of nitrogens with one attached hydrogen (secondary N) is 1. The predicted octanol–water partition coefficient (Wildman–Crippen LogP) is 2.12. The third-order valence-electron chi connectivity index (χ3n) is 3.89. The Kier molecular flexibility index (Phi) is 7.82. The van der Waals surface area contributed by atoms with Crippen LogP contribution in [-0.2, 0) is 4.74 Å². The molecule has 1 aliphatic carbocycles. The third kappa shape index (κ3) is 5.84. The van der Waals surface area contributed by atoms with Crippen LogP contribution in [0, 0.1) is 5.92 Å². The van der Waals surface area contributed by atoms with Crippen molar-refractivity contribution in [1.82, 2.24) is 10.2 Å². The molecule has 0 saturated heterocycles. The maximum absolute atomic E-state index is 5.04. The molecule has 1 saturated carbocycles. The van der Waals surface area contributed by atoms with Gasteiger partial charge in [0, 0.05) is 32.8 Å². The van der Waals surface area contributed by atoms with E-state index in [1.54, 1.807) is 7.11 Å². The molecular weight excluding hydrogens is 212 g/mol. The summed E-state index contributed by atoms with van der Waals surface area (Å²) in [4.78, 5) is 2.62. The SMILES string of the molecule is CCN(CC1CCC1)C(C)CNCCCOC. The van der Waals surface area contributed by atoms with E-state index in [2.05, 4.69) is 24.1 Å². The van der Waals surface area contributed by atoms with Gasteiger partial charge in [0.15, 0.2) is 0 Å². The molecule has 0 aromatic rings. The van der Waals surface area contributed by atoms with E-state index in [-0.39, 0.29) is 0 Å². The van der Waals surface area contributed by atoms with Crippen LogP contribution in [0.3, 0.4) is 0 Å². The van der Waals surface area contributed by atoms with Crippen molar-refractivity contribution in [2.24, 2.45) is 5.92 Å². The Morgan fingerprint density at radius 2 is 2.18 bits per heavy atom. The fourth-order valence-corrected chi connectivity index (χ4v) is 2.41. The molecule has 102 valence electrons. The van der Waals surface area contributed by atoms with Crippen molar-refractivity contribution in [3.05, 3.63) is 0 Å². The van der Waals surface area contributed by atoms with Gasteiger partial charge in [0.2, 0.25) is 0 Å². The van der Waals surface area contributed by atoms with Crippen LogP contribution in [0.4, 0.5) is 0 Å². The van der Waals surface area contributed by atoms with Gasteiger partial charge in [-0.3, -0.25) is 4.90 Å². The van der Waals surface area contributed by atoms with Crippen LogP contribution in [0.25, 0.3) is 0 Å². The first-order valence-electron chi connectivity index (χ1n) is 7.21. The first-order chi connectivity index (χ1) is 8.27. The van der Waals surface area contributed by atoms with Gasteiger partial charge in [-0.25, -0.2) is 0 Å². The highest BCUT2D eigenvalue weighted by Crippen LogP contribution is 2.27. The van der Waals surface area contributed by atoms with Crippen LogP contribution in [0.2, 0.25) is 0 Å². The number of likely N-dealkylation sites (N-methyl/N-ethyl adjacent to an activating group) is 1. The maximum Gasteiger partial charge on any atom is 0.0474 e. The summed E-state index contributed by atoms with van der Waals surface area (Å²) >= 11 is 0. The summed E-state index contributed by atoms with van der Waals surface area (Å²) < 4.78 is 5.04. The number of ether oxygens (including phenoxy) is 1. The first-order valence-corrected chi connectivity index (χ1v) is 7.21. The van der Waals surface area contributed by atoms with E-state index in [0.717, 1.165) is 32.0 Å². The van der Waals surface area contributed by atoms with Gasteiger partial charge < -0.3 is 10.1 Å². The molecule has 0 heterocycles. The highest BCUT2D eigenvalue weighted by atomic mass is 16.5. The Morgan fingerprint density at radius 3 is 2.71 bits per heavy atom. The van der Waals surface area contributed by atoms with Crippen molar-refractivity contribution in [3.8, 4) is 0 Å². The fraction of sp³-hybridized carbons (Fsp3) is 1.00. The van der Waals surface area contributed by atoms with Crippen LogP contribution < -0.4 is 5.32 Å². The van der Waals surface area contributed by atoms with E-state index < -0.39 is 0 Å². The fourth-order valence-electron chi connectivity index (χ4n) is 2.41. The van der Waals surface area contributed by atoms with E-state index in [1.807, 2.05) is 0 Å². The Labute approximate surface area is 107 Å². The Hall–Kier alpha value is -0.120. The van der Waals surface area contributed by atoms with Crippen LogP contribution >= 0.6 is 0 Å². The number of nitrogens with zero attached hydrogens (tertiary/aromatic N) is 1. The standard InChI is InChI=1S/C14H30N2O/c1-4-16(12-14-7-5-8-14)13(2)11-15-9-6-10-17-3/h13-15H,4-12H2,1-3H3. The van der Waals surface area contributed by atoms with E-state index in [0.29, 0.717) is 6.04 Å². The zero-order chi connectivity index (χ0) is 12.5. The molecule has 1 fully saturated rings. The maximum atomic E-state index is 5.04. The first kappa shape index (κ1) is 14.9. The second-order valence-corrected chi connectivity index (χ2v) is 5.28. The molecule has 0 radical (unpaired) electrons. The molecule has 17 heavy (non-hydrogen) atoms. The smallest absolute Gasteiger partial charge is 0.0474 e. The van der Waals surface area contributed by atoms with Crippen LogP contribution in [0.15, 0.2) is 0 Å². The number of rotatable bonds is 10. The average molecular weight is 242 g/mol. The molecule has 0 aromatic carbocycles. The lowest BCUT2D eigenvalue weighted by molar-refractivity contribution is 0.143. The van der Waals surface area contributed by atoms with E-state index in [4.69, 9.17) is 4.74 Å². The third-order valence-corrected chi connectivity index (χ3v) is 3.89. The van der Waals surface area contributed by atoms with Crippen molar-refractivity contribution in [3.63, 3.8) is 0 Å². The van der Waals surface area contributed by atoms with Gasteiger partial charge in [-0.05, 0) is 45.2 Å². The quantitative estimate of drug-likeness (QED) is 0.594. The lowest BCUT2D eigenvalue weighted by atomic mass is 9.85. The summed E-state index contributed by atoms with van der Waals surface area (Å²) in [6.45, 7) is 10.1. The van der Waals surface area contributed by atoms with Gasteiger partial charge >= 0.3 is 0 Å². The molecule has 3 heteroatoms. The molecule has 0 aromatic heterocycles. The van der Waals surface area contributed by atoms with Crippen molar-refractivity contribution in [1.29, 1.82) is 0 Å². The topological polar surface area (TPSA) is 24.5 Å². The predicted molar refractivity (Wildman–Crippen MR) is 73.4 cm³/mol. The molecular formula is C14H30N2O. The summed E-state index contributed by atoms with van der Waals surface area (Å²) in [6, 6.07) is 0.656. The summed E-state index contributed by atoms with van der Waals surface area (Å²) in [5, 5.41) is 3.52. The molecule has 0 spiro atoms. The highest BCUT2D eigenvalue weighted by molar-refractivity contribution is 4.77. The van der Waals surface area contributed by atoms with Gasteiger partial charge in [0.05, 0.1) is 0 Å². The lowest BCUT2D eigenvalue weighted by Crippen LogP contribution is -2.44. The molecule has 1 N–H and O–H groups in total.